The molecule has 0 saturated carbocycles. The highest BCUT2D eigenvalue weighted by molar-refractivity contribution is 6.30. The van der Waals surface area contributed by atoms with Crippen molar-refractivity contribution in [3.63, 3.8) is 0 Å². The summed E-state index contributed by atoms with van der Waals surface area (Å²) in [7, 11) is 2.15. The van der Waals surface area contributed by atoms with Gasteiger partial charge in [-0.2, -0.15) is 0 Å². The molecule has 6 heteroatoms. The number of piperazine rings is 1. The highest BCUT2D eigenvalue weighted by Crippen LogP contribution is 2.21. The first-order valence-corrected chi connectivity index (χ1v) is 9.22. The molecular weight excluding hydrogens is 348 g/mol. The molecular formula is C20H25ClN4O. The van der Waals surface area contributed by atoms with Crippen molar-refractivity contribution in [1.82, 2.24) is 4.90 Å². The number of carbonyl (C=O) groups excluding carboxylic acids is 1. The number of anilines is 3. The molecule has 1 amide bonds. The summed E-state index contributed by atoms with van der Waals surface area (Å²) in [6.07, 6.45) is 0. The maximum atomic E-state index is 12.2. The number of nitrogens with one attached hydrogen (secondary N) is 2. The fourth-order valence-corrected chi connectivity index (χ4v) is 3.16. The molecule has 3 rings (SSSR count). The lowest BCUT2D eigenvalue weighted by Crippen LogP contribution is -2.44. The quantitative estimate of drug-likeness (QED) is 0.844. The molecule has 0 radical (unpaired) electrons. The predicted molar refractivity (Wildman–Crippen MR) is 109 cm³/mol. The van der Waals surface area contributed by atoms with Crippen molar-refractivity contribution < 1.29 is 4.79 Å². The standard InChI is InChI=1S/C20H25ClN4O/c1-15-3-4-16(21)13-19(15)22-14-20(26)23-17-5-7-18(8-6-17)25-11-9-24(2)10-12-25/h3-8,13,22H,9-12,14H2,1-2H3,(H,23,26). The zero-order chi connectivity index (χ0) is 18.5. The second-order valence-corrected chi connectivity index (χ2v) is 7.13. The number of nitrogens with zero attached hydrogens (tertiary/aromatic N) is 2. The number of rotatable bonds is 5. The Balaban J connectivity index is 1.52. The Kier molecular flexibility index (Phi) is 6.01. The fourth-order valence-electron chi connectivity index (χ4n) is 2.99. The van der Waals surface area contributed by atoms with E-state index in [0.717, 1.165) is 43.1 Å². The monoisotopic (exact) mass is 372 g/mol. The van der Waals surface area contributed by atoms with E-state index in [2.05, 4.69) is 39.6 Å². The number of amides is 1. The molecule has 2 aromatic carbocycles. The maximum absolute atomic E-state index is 12.2. The molecule has 1 heterocycles. The molecule has 0 unspecified atom stereocenters. The van der Waals surface area contributed by atoms with Gasteiger partial charge >= 0.3 is 0 Å². The van der Waals surface area contributed by atoms with Crippen LogP contribution in [0.4, 0.5) is 17.1 Å². The topological polar surface area (TPSA) is 47.6 Å². The van der Waals surface area contributed by atoms with Gasteiger partial charge in [0.15, 0.2) is 0 Å². The summed E-state index contributed by atoms with van der Waals surface area (Å²) in [5, 5.41) is 6.70. The Hall–Kier alpha value is -2.24. The zero-order valence-corrected chi connectivity index (χ0v) is 16.0. The Morgan fingerprint density at radius 3 is 2.46 bits per heavy atom. The molecule has 138 valence electrons. The molecule has 1 aliphatic rings. The molecule has 0 spiro atoms. The summed E-state index contributed by atoms with van der Waals surface area (Å²) in [6, 6.07) is 13.6. The van der Waals surface area contributed by atoms with Crippen LogP contribution < -0.4 is 15.5 Å². The van der Waals surface area contributed by atoms with Crippen LogP contribution in [0.2, 0.25) is 5.02 Å². The summed E-state index contributed by atoms with van der Waals surface area (Å²) in [6.45, 7) is 6.39. The normalized spacial score (nSPS) is 15.0. The minimum atomic E-state index is -0.0864. The lowest BCUT2D eigenvalue weighted by molar-refractivity contribution is -0.114. The number of benzene rings is 2. The van der Waals surface area contributed by atoms with E-state index < -0.39 is 0 Å². The summed E-state index contributed by atoms with van der Waals surface area (Å²) < 4.78 is 0. The average molecular weight is 373 g/mol. The lowest BCUT2D eigenvalue weighted by Gasteiger charge is -2.34. The van der Waals surface area contributed by atoms with Gasteiger partial charge in [0.25, 0.3) is 0 Å². The van der Waals surface area contributed by atoms with E-state index in [4.69, 9.17) is 11.6 Å². The first kappa shape index (κ1) is 18.5. The van der Waals surface area contributed by atoms with E-state index in [1.165, 1.54) is 5.69 Å². The van der Waals surface area contributed by atoms with E-state index >= 15 is 0 Å². The number of carbonyl (C=O) groups is 1. The van der Waals surface area contributed by atoms with Crippen molar-refractivity contribution in [3.8, 4) is 0 Å². The third kappa shape index (κ3) is 4.90. The number of hydrogen-bond acceptors (Lipinski definition) is 4. The SMILES string of the molecule is Cc1ccc(Cl)cc1NCC(=O)Nc1ccc(N2CCN(C)CC2)cc1. The summed E-state index contributed by atoms with van der Waals surface area (Å²) in [5.41, 5.74) is 3.93. The van der Waals surface area contributed by atoms with Crippen molar-refractivity contribution in [3.05, 3.63) is 53.1 Å². The Morgan fingerprint density at radius 2 is 1.77 bits per heavy atom. The summed E-state index contributed by atoms with van der Waals surface area (Å²) in [4.78, 5) is 16.9. The average Bonchev–Trinajstić information content (AvgIpc) is 2.64. The zero-order valence-electron chi connectivity index (χ0n) is 15.3. The molecule has 26 heavy (non-hydrogen) atoms. The fraction of sp³-hybridized carbons (Fsp3) is 0.350. The Morgan fingerprint density at radius 1 is 1.08 bits per heavy atom. The molecule has 2 N–H and O–H groups in total. The minimum Gasteiger partial charge on any atom is -0.376 e. The van der Waals surface area contributed by atoms with E-state index in [-0.39, 0.29) is 12.5 Å². The molecule has 0 atom stereocenters. The van der Waals surface area contributed by atoms with E-state index in [1.807, 2.05) is 37.3 Å². The number of halogens is 1. The lowest BCUT2D eigenvalue weighted by atomic mass is 10.2. The smallest absolute Gasteiger partial charge is 0.243 e. The van der Waals surface area contributed by atoms with Gasteiger partial charge in [0.1, 0.15) is 0 Å². The van der Waals surface area contributed by atoms with E-state index in [9.17, 15) is 4.79 Å². The van der Waals surface area contributed by atoms with Crippen molar-refractivity contribution in [2.75, 3.05) is 55.3 Å². The highest BCUT2D eigenvalue weighted by Gasteiger charge is 2.14. The third-order valence-corrected chi connectivity index (χ3v) is 4.89. The van der Waals surface area contributed by atoms with Crippen LogP contribution in [0.25, 0.3) is 0 Å². The first-order valence-electron chi connectivity index (χ1n) is 8.85. The van der Waals surface area contributed by atoms with Crippen LogP contribution >= 0.6 is 11.6 Å². The van der Waals surface area contributed by atoms with Crippen molar-refractivity contribution >= 4 is 34.6 Å². The third-order valence-electron chi connectivity index (χ3n) is 4.66. The molecule has 1 fully saturated rings. The van der Waals surface area contributed by atoms with Crippen LogP contribution in [0.5, 0.6) is 0 Å². The first-order chi connectivity index (χ1) is 12.5. The van der Waals surface area contributed by atoms with Gasteiger partial charge in [-0.15, -0.1) is 0 Å². The molecule has 1 saturated heterocycles. The molecule has 0 aliphatic carbocycles. The van der Waals surface area contributed by atoms with Gasteiger partial charge in [0.2, 0.25) is 5.91 Å². The van der Waals surface area contributed by atoms with Gasteiger partial charge in [-0.3, -0.25) is 4.79 Å². The molecule has 0 aromatic heterocycles. The number of likely N-dealkylation sites (N-methyl/N-ethyl adjacent to an activating group) is 1. The van der Waals surface area contributed by atoms with Gasteiger partial charge in [-0.25, -0.2) is 0 Å². The number of aryl methyl sites for hydroxylation is 1. The van der Waals surface area contributed by atoms with Crippen molar-refractivity contribution in [2.45, 2.75) is 6.92 Å². The molecule has 0 bridgehead atoms. The van der Waals surface area contributed by atoms with Crippen LogP contribution in [0.15, 0.2) is 42.5 Å². The van der Waals surface area contributed by atoms with Crippen LogP contribution in [-0.2, 0) is 4.79 Å². The van der Waals surface area contributed by atoms with Crippen LogP contribution in [0.3, 0.4) is 0 Å². The Bertz CT molecular complexity index is 755. The summed E-state index contributed by atoms with van der Waals surface area (Å²) >= 11 is 6.00. The maximum Gasteiger partial charge on any atom is 0.243 e. The molecule has 2 aromatic rings. The van der Waals surface area contributed by atoms with Crippen molar-refractivity contribution in [1.29, 1.82) is 0 Å². The van der Waals surface area contributed by atoms with Gasteiger partial charge in [0, 0.05) is 48.3 Å². The minimum absolute atomic E-state index is 0.0864. The Labute approximate surface area is 159 Å². The van der Waals surface area contributed by atoms with Gasteiger partial charge in [-0.1, -0.05) is 17.7 Å². The van der Waals surface area contributed by atoms with Gasteiger partial charge < -0.3 is 20.4 Å². The van der Waals surface area contributed by atoms with Crippen LogP contribution in [0, 0.1) is 6.92 Å². The number of hydrogen-bond donors (Lipinski definition) is 2. The predicted octanol–water partition coefficient (Wildman–Crippen LogP) is 3.45. The van der Waals surface area contributed by atoms with Crippen LogP contribution in [-0.4, -0.2) is 50.6 Å². The van der Waals surface area contributed by atoms with Gasteiger partial charge in [-0.05, 0) is 55.9 Å². The second-order valence-electron chi connectivity index (χ2n) is 6.70. The summed E-state index contributed by atoms with van der Waals surface area (Å²) in [5.74, 6) is -0.0864. The van der Waals surface area contributed by atoms with E-state index in [1.54, 1.807) is 0 Å². The van der Waals surface area contributed by atoms with Crippen LogP contribution in [0.1, 0.15) is 5.56 Å². The van der Waals surface area contributed by atoms with Crippen molar-refractivity contribution in [2.24, 2.45) is 0 Å². The largest absolute Gasteiger partial charge is 0.376 e. The molecule has 1 aliphatic heterocycles. The molecule has 5 nitrogen and oxygen atoms in total. The second kappa shape index (κ2) is 8.43. The van der Waals surface area contributed by atoms with Gasteiger partial charge in [0.05, 0.1) is 6.54 Å². The van der Waals surface area contributed by atoms with E-state index in [0.29, 0.717) is 5.02 Å². The highest BCUT2D eigenvalue weighted by atomic mass is 35.5.